The zero-order valence-electron chi connectivity index (χ0n) is 9.10. The molecule has 0 aliphatic rings. The van der Waals surface area contributed by atoms with Crippen LogP contribution >= 0.6 is 11.3 Å². The van der Waals surface area contributed by atoms with Gasteiger partial charge in [-0.1, -0.05) is 12.1 Å². The monoisotopic (exact) mass is 243 g/mol. The molecule has 6 nitrogen and oxygen atoms in total. The molecule has 0 saturated heterocycles. The summed E-state index contributed by atoms with van der Waals surface area (Å²) in [7, 11) is 1.27. The van der Waals surface area contributed by atoms with Crippen molar-refractivity contribution in [2.24, 2.45) is 5.16 Å². The lowest BCUT2D eigenvalue weighted by atomic mass is 10.3. The maximum atomic E-state index is 11.4. The maximum Gasteiger partial charge on any atom is 0.362 e. The molecule has 0 fully saturated rings. The van der Waals surface area contributed by atoms with E-state index < -0.39 is 5.97 Å². The molecule has 1 heterocycles. The molecule has 2 N–H and O–H groups in total. The van der Waals surface area contributed by atoms with Crippen LogP contribution in [0.5, 0.6) is 0 Å². The van der Waals surface area contributed by atoms with Crippen LogP contribution in [0, 0.1) is 0 Å². The van der Waals surface area contributed by atoms with E-state index in [1.807, 2.05) is 6.92 Å². The van der Waals surface area contributed by atoms with Crippen molar-refractivity contribution in [3.8, 4) is 0 Å². The molecule has 0 radical (unpaired) electrons. The van der Waals surface area contributed by atoms with E-state index in [1.54, 1.807) is 5.38 Å². The molecule has 0 unspecified atom stereocenters. The minimum atomic E-state index is -0.596. The number of thiazole rings is 1. The molecule has 7 heteroatoms. The van der Waals surface area contributed by atoms with Gasteiger partial charge in [0.1, 0.15) is 12.3 Å². The van der Waals surface area contributed by atoms with Gasteiger partial charge >= 0.3 is 5.97 Å². The zero-order valence-corrected chi connectivity index (χ0v) is 9.91. The van der Waals surface area contributed by atoms with Crippen LogP contribution < -0.4 is 5.73 Å². The fourth-order valence-electron chi connectivity index (χ4n) is 0.883. The van der Waals surface area contributed by atoms with E-state index in [4.69, 9.17) is 10.6 Å². The number of methoxy groups -OCH3 is 1. The summed E-state index contributed by atoms with van der Waals surface area (Å²) in [5.41, 5.74) is 5.87. The first kappa shape index (κ1) is 12.4. The number of anilines is 1. The number of oxime groups is 1. The second kappa shape index (κ2) is 6.06. The minimum absolute atomic E-state index is 0.0314. The number of esters is 1. The van der Waals surface area contributed by atoms with Gasteiger partial charge < -0.3 is 15.3 Å². The number of aromatic nitrogens is 1. The van der Waals surface area contributed by atoms with E-state index in [-0.39, 0.29) is 5.71 Å². The van der Waals surface area contributed by atoms with Crippen LogP contribution in [0.2, 0.25) is 0 Å². The molecule has 0 spiro atoms. The first-order valence-electron chi connectivity index (χ1n) is 4.68. The van der Waals surface area contributed by atoms with Crippen LogP contribution in [-0.2, 0) is 14.4 Å². The van der Waals surface area contributed by atoms with Gasteiger partial charge in [0.05, 0.1) is 7.11 Å². The number of hydrogen-bond donors (Lipinski definition) is 1. The third-order valence-electron chi connectivity index (χ3n) is 1.59. The van der Waals surface area contributed by atoms with Gasteiger partial charge in [-0.05, 0) is 6.42 Å². The first-order chi connectivity index (χ1) is 7.69. The van der Waals surface area contributed by atoms with Crippen LogP contribution in [0.25, 0.3) is 0 Å². The van der Waals surface area contributed by atoms with Gasteiger partial charge in [-0.3, -0.25) is 0 Å². The SMILES string of the molecule is CCCO/N=C(\C(=O)OC)c1csc(N)n1. The van der Waals surface area contributed by atoms with Gasteiger partial charge in [0.15, 0.2) is 5.13 Å². The van der Waals surface area contributed by atoms with Crippen LogP contribution in [0.15, 0.2) is 10.5 Å². The maximum absolute atomic E-state index is 11.4. The number of hydrogen-bond acceptors (Lipinski definition) is 7. The molecule has 0 atom stereocenters. The average molecular weight is 243 g/mol. The lowest BCUT2D eigenvalue weighted by molar-refractivity contribution is -0.132. The third kappa shape index (κ3) is 3.20. The van der Waals surface area contributed by atoms with E-state index in [0.29, 0.717) is 17.4 Å². The fraction of sp³-hybridized carbons (Fsp3) is 0.444. The van der Waals surface area contributed by atoms with Crippen LogP contribution in [0.1, 0.15) is 19.0 Å². The molecule has 1 rings (SSSR count). The van der Waals surface area contributed by atoms with Crippen molar-refractivity contribution in [3.63, 3.8) is 0 Å². The van der Waals surface area contributed by atoms with E-state index in [2.05, 4.69) is 14.9 Å². The molecule has 88 valence electrons. The zero-order chi connectivity index (χ0) is 12.0. The van der Waals surface area contributed by atoms with Crippen molar-refractivity contribution in [1.29, 1.82) is 0 Å². The summed E-state index contributed by atoms with van der Waals surface area (Å²) < 4.78 is 4.58. The quantitative estimate of drug-likeness (QED) is 0.361. The van der Waals surface area contributed by atoms with E-state index in [1.165, 1.54) is 18.4 Å². The third-order valence-corrected chi connectivity index (χ3v) is 2.27. The highest BCUT2D eigenvalue weighted by molar-refractivity contribution is 7.13. The predicted octanol–water partition coefficient (Wildman–Crippen LogP) is 1.03. The van der Waals surface area contributed by atoms with Crippen molar-refractivity contribution in [2.75, 3.05) is 19.5 Å². The number of nitrogens with two attached hydrogens (primary N) is 1. The normalized spacial score (nSPS) is 11.2. The van der Waals surface area contributed by atoms with Gasteiger partial charge in [-0.15, -0.1) is 11.3 Å². The standard InChI is InChI=1S/C9H13N3O3S/c1-3-4-15-12-7(8(13)14-2)6-5-16-9(10)11-6/h5H,3-4H2,1-2H3,(H2,10,11)/b12-7-. The highest BCUT2D eigenvalue weighted by Crippen LogP contribution is 2.12. The van der Waals surface area contributed by atoms with E-state index in [0.717, 1.165) is 6.42 Å². The Morgan fingerprint density at radius 2 is 2.44 bits per heavy atom. The number of carbonyl (C=O) groups is 1. The Labute approximate surface area is 97.1 Å². The van der Waals surface area contributed by atoms with Gasteiger partial charge in [-0.2, -0.15) is 0 Å². The predicted molar refractivity (Wildman–Crippen MR) is 61.3 cm³/mol. The Morgan fingerprint density at radius 3 is 2.94 bits per heavy atom. The molecule has 0 amide bonds. The summed E-state index contributed by atoms with van der Waals surface area (Å²) in [5, 5.41) is 5.69. The molecular formula is C9H13N3O3S. The number of nitrogens with zero attached hydrogens (tertiary/aromatic N) is 2. The van der Waals surface area contributed by atoms with Crippen molar-refractivity contribution in [3.05, 3.63) is 11.1 Å². The molecule has 0 saturated carbocycles. The topological polar surface area (TPSA) is 86.8 Å². The van der Waals surface area contributed by atoms with Crippen LogP contribution in [0.4, 0.5) is 5.13 Å². The number of ether oxygens (including phenoxy) is 1. The van der Waals surface area contributed by atoms with Crippen LogP contribution in [-0.4, -0.2) is 30.4 Å². The smallest absolute Gasteiger partial charge is 0.362 e. The largest absolute Gasteiger partial charge is 0.464 e. The summed E-state index contributed by atoms with van der Waals surface area (Å²) in [6, 6.07) is 0. The van der Waals surface area contributed by atoms with Gasteiger partial charge in [0.2, 0.25) is 5.71 Å². The van der Waals surface area contributed by atoms with Gasteiger partial charge in [-0.25, -0.2) is 9.78 Å². The second-order valence-corrected chi connectivity index (χ2v) is 3.73. The summed E-state index contributed by atoms with van der Waals surface area (Å²) in [4.78, 5) is 20.3. The lowest BCUT2D eigenvalue weighted by Crippen LogP contribution is -2.18. The molecule has 16 heavy (non-hydrogen) atoms. The molecule has 0 aliphatic carbocycles. The number of carbonyl (C=O) groups excluding carboxylic acids is 1. The Bertz CT molecular complexity index is 389. The molecule has 0 aromatic carbocycles. The number of rotatable bonds is 5. The summed E-state index contributed by atoms with van der Waals surface area (Å²) in [6.07, 6.45) is 0.803. The number of nitrogen functional groups attached to an aromatic ring is 1. The second-order valence-electron chi connectivity index (χ2n) is 2.84. The Balaban J connectivity index is 2.87. The average Bonchev–Trinajstić information content (AvgIpc) is 2.70. The summed E-state index contributed by atoms with van der Waals surface area (Å²) >= 11 is 1.22. The Kier molecular flexibility index (Phi) is 4.71. The summed E-state index contributed by atoms with van der Waals surface area (Å²) in [5.74, 6) is -0.596. The van der Waals surface area contributed by atoms with Crippen molar-refractivity contribution in [2.45, 2.75) is 13.3 Å². The van der Waals surface area contributed by atoms with E-state index >= 15 is 0 Å². The highest BCUT2D eigenvalue weighted by Gasteiger charge is 2.18. The van der Waals surface area contributed by atoms with Gasteiger partial charge in [0.25, 0.3) is 0 Å². The fourth-order valence-corrected chi connectivity index (χ4v) is 1.43. The van der Waals surface area contributed by atoms with Crippen molar-refractivity contribution >= 4 is 28.1 Å². The Hall–Kier alpha value is -1.63. The minimum Gasteiger partial charge on any atom is -0.464 e. The molecule has 0 aliphatic heterocycles. The van der Waals surface area contributed by atoms with Crippen molar-refractivity contribution < 1.29 is 14.4 Å². The van der Waals surface area contributed by atoms with E-state index in [9.17, 15) is 4.79 Å². The summed E-state index contributed by atoms with van der Waals surface area (Å²) in [6.45, 7) is 2.37. The molecule has 1 aromatic rings. The molecule has 1 aromatic heterocycles. The van der Waals surface area contributed by atoms with Crippen LogP contribution in [0.3, 0.4) is 0 Å². The first-order valence-corrected chi connectivity index (χ1v) is 5.56. The Morgan fingerprint density at radius 1 is 1.69 bits per heavy atom. The van der Waals surface area contributed by atoms with Crippen molar-refractivity contribution in [1.82, 2.24) is 4.98 Å². The molecular weight excluding hydrogens is 230 g/mol. The lowest BCUT2D eigenvalue weighted by Gasteiger charge is -2.01. The van der Waals surface area contributed by atoms with Gasteiger partial charge in [0, 0.05) is 5.38 Å². The molecule has 0 bridgehead atoms. The highest BCUT2D eigenvalue weighted by atomic mass is 32.1.